The second-order valence-electron chi connectivity index (χ2n) is 4.75. The fraction of sp³-hybridized carbons (Fsp3) is 0.267. The minimum Gasteiger partial charge on any atom is -0.449 e. The number of aryl methyl sites for hydroxylation is 1. The summed E-state index contributed by atoms with van der Waals surface area (Å²) in [7, 11) is 0. The van der Waals surface area contributed by atoms with Crippen LogP contribution < -0.4 is 10.2 Å². The molecule has 1 heterocycles. The normalized spacial score (nSPS) is 10.6. The van der Waals surface area contributed by atoms with Crippen LogP contribution in [0.4, 0.5) is 4.79 Å². The maximum absolute atomic E-state index is 12.0. The highest BCUT2D eigenvalue weighted by Gasteiger charge is 2.13. The minimum absolute atomic E-state index is 0.0119. The van der Waals surface area contributed by atoms with E-state index in [1.807, 2.05) is 6.92 Å². The maximum atomic E-state index is 12.0. The summed E-state index contributed by atoms with van der Waals surface area (Å²) < 4.78 is 4.45. The van der Waals surface area contributed by atoms with Crippen LogP contribution in [0.25, 0.3) is 10.9 Å². The first kappa shape index (κ1) is 14.8. The van der Waals surface area contributed by atoms with E-state index in [9.17, 15) is 14.4 Å². The van der Waals surface area contributed by atoms with Gasteiger partial charge < -0.3 is 14.8 Å². The Morgan fingerprint density at radius 2 is 2.00 bits per heavy atom. The molecule has 0 aliphatic rings. The van der Waals surface area contributed by atoms with Crippen molar-refractivity contribution in [3.63, 3.8) is 0 Å². The summed E-state index contributed by atoms with van der Waals surface area (Å²) in [6.07, 6.45) is -0.348. The van der Waals surface area contributed by atoms with Crippen molar-refractivity contribution in [1.29, 1.82) is 0 Å². The Hall–Kier alpha value is -2.63. The number of carbonyl (C=O) groups is 2. The molecule has 0 unspecified atom stereocenters. The molecule has 0 atom stereocenters. The van der Waals surface area contributed by atoms with E-state index in [4.69, 9.17) is 5.11 Å². The molecule has 1 aromatic carbocycles. The van der Waals surface area contributed by atoms with Gasteiger partial charge >= 0.3 is 6.16 Å². The first-order chi connectivity index (χ1) is 9.92. The zero-order valence-electron chi connectivity index (χ0n) is 11.7. The van der Waals surface area contributed by atoms with Gasteiger partial charge in [0.15, 0.2) is 11.2 Å². The molecule has 0 saturated heterocycles. The van der Waals surface area contributed by atoms with Crippen molar-refractivity contribution in [2.75, 3.05) is 0 Å². The SMILES string of the molecule is CCCC(=O)c1cc2c(=O)cc(OC(=O)O)[nH]c2cc1C. The van der Waals surface area contributed by atoms with E-state index in [0.717, 1.165) is 18.1 Å². The average molecular weight is 289 g/mol. The van der Waals surface area contributed by atoms with E-state index in [2.05, 4.69) is 9.72 Å². The molecular formula is C15H15NO5. The van der Waals surface area contributed by atoms with Gasteiger partial charge in [0, 0.05) is 23.4 Å². The van der Waals surface area contributed by atoms with Crippen molar-refractivity contribution in [2.45, 2.75) is 26.7 Å². The molecule has 0 bridgehead atoms. The number of ether oxygens (including phenoxy) is 1. The van der Waals surface area contributed by atoms with Gasteiger partial charge in [0.1, 0.15) is 0 Å². The largest absolute Gasteiger partial charge is 0.512 e. The molecule has 0 saturated carbocycles. The van der Waals surface area contributed by atoms with Crippen LogP contribution in [-0.4, -0.2) is 22.0 Å². The van der Waals surface area contributed by atoms with Crippen LogP contribution in [0.1, 0.15) is 35.7 Å². The first-order valence-electron chi connectivity index (χ1n) is 6.54. The number of nitrogens with one attached hydrogen (secondary N) is 1. The van der Waals surface area contributed by atoms with Crippen LogP contribution in [-0.2, 0) is 0 Å². The van der Waals surface area contributed by atoms with Crippen molar-refractivity contribution >= 4 is 22.8 Å². The number of benzene rings is 1. The number of rotatable bonds is 4. The lowest BCUT2D eigenvalue weighted by molar-refractivity contribution is 0.0981. The molecule has 110 valence electrons. The van der Waals surface area contributed by atoms with Crippen LogP contribution in [0.15, 0.2) is 23.0 Å². The van der Waals surface area contributed by atoms with Crippen molar-refractivity contribution in [1.82, 2.24) is 4.98 Å². The van der Waals surface area contributed by atoms with Gasteiger partial charge in [-0.15, -0.1) is 0 Å². The standard InChI is InChI=1S/C15H15NO5/c1-3-4-12(17)9-6-10-11(5-8(9)2)16-14(7-13(10)18)21-15(19)20/h5-7H,3-4H2,1-2H3,(H,16,18)(H,19,20). The van der Waals surface area contributed by atoms with Crippen LogP contribution in [0, 0.1) is 6.92 Å². The Balaban J connectivity index is 2.59. The van der Waals surface area contributed by atoms with E-state index >= 15 is 0 Å². The summed E-state index contributed by atoms with van der Waals surface area (Å²) in [4.78, 5) is 37.3. The lowest BCUT2D eigenvalue weighted by atomic mass is 9.99. The predicted molar refractivity (Wildman–Crippen MR) is 77.2 cm³/mol. The molecule has 21 heavy (non-hydrogen) atoms. The third-order valence-electron chi connectivity index (χ3n) is 3.12. The molecule has 6 heteroatoms. The van der Waals surface area contributed by atoms with Crippen molar-refractivity contribution in [2.24, 2.45) is 0 Å². The number of carboxylic acid groups (broad SMARTS) is 1. The van der Waals surface area contributed by atoms with E-state index < -0.39 is 11.6 Å². The molecule has 2 rings (SSSR count). The third-order valence-corrected chi connectivity index (χ3v) is 3.12. The Morgan fingerprint density at radius 1 is 1.29 bits per heavy atom. The van der Waals surface area contributed by atoms with Crippen molar-refractivity contribution in [3.8, 4) is 5.88 Å². The smallest absolute Gasteiger partial charge is 0.449 e. The number of aromatic amines is 1. The molecule has 0 aliphatic heterocycles. The van der Waals surface area contributed by atoms with Crippen LogP contribution in [0.3, 0.4) is 0 Å². The Kier molecular flexibility index (Phi) is 4.07. The number of Topliss-reactive ketones (excluding diaryl/α,β-unsaturated/α-hetero) is 1. The number of hydrogen-bond acceptors (Lipinski definition) is 4. The second-order valence-corrected chi connectivity index (χ2v) is 4.75. The van der Waals surface area contributed by atoms with Gasteiger partial charge in [-0.25, -0.2) is 4.79 Å². The molecule has 0 fully saturated rings. The topological polar surface area (TPSA) is 96.5 Å². The molecule has 0 radical (unpaired) electrons. The van der Waals surface area contributed by atoms with Crippen LogP contribution in [0.2, 0.25) is 0 Å². The van der Waals surface area contributed by atoms with Gasteiger partial charge in [0.2, 0.25) is 5.88 Å². The van der Waals surface area contributed by atoms with Crippen molar-refractivity contribution < 1.29 is 19.4 Å². The Morgan fingerprint density at radius 3 is 2.62 bits per heavy atom. The van der Waals surface area contributed by atoms with E-state index in [0.29, 0.717) is 22.9 Å². The summed E-state index contributed by atoms with van der Waals surface area (Å²) in [5.74, 6) is -0.158. The molecule has 2 aromatic rings. The monoisotopic (exact) mass is 289 g/mol. The predicted octanol–water partition coefficient (Wildman–Crippen LogP) is 2.88. The number of carbonyl (C=O) groups excluding carboxylic acids is 1. The first-order valence-corrected chi connectivity index (χ1v) is 6.54. The van der Waals surface area contributed by atoms with Gasteiger partial charge in [0.25, 0.3) is 0 Å². The summed E-state index contributed by atoms with van der Waals surface area (Å²) in [6.45, 7) is 3.68. The zero-order valence-corrected chi connectivity index (χ0v) is 11.7. The summed E-state index contributed by atoms with van der Waals surface area (Å²) in [5, 5.41) is 8.90. The minimum atomic E-state index is -1.50. The second kappa shape index (κ2) is 5.78. The summed E-state index contributed by atoms with van der Waals surface area (Å²) in [6, 6.07) is 4.25. The highest BCUT2D eigenvalue weighted by molar-refractivity contribution is 6.00. The molecule has 6 nitrogen and oxygen atoms in total. The fourth-order valence-corrected chi connectivity index (χ4v) is 2.19. The summed E-state index contributed by atoms with van der Waals surface area (Å²) >= 11 is 0. The van der Waals surface area contributed by atoms with Crippen LogP contribution in [0.5, 0.6) is 5.88 Å². The molecule has 0 spiro atoms. The van der Waals surface area contributed by atoms with E-state index in [-0.39, 0.29) is 11.7 Å². The molecule has 2 N–H and O–H groups in total. The zero-order chi connectivity index (χ0) is 15.6. The third kappa shape index (κ3) is 3.10. The number of aromatic nitrogens is 1. The number of H-pyrrole nitrogens is 1. The average Bonchev–Trinajstić information content (AvgIpc) is 2.37. The lowest BCUT2D eigenvalue weighted by Gasteiger charge is -2.08. The van der Waals surface area contributed by atoms with Gasteiger partial charge in [-0.2, -0.15) is 0 Å². The van der Waals surface area contributed by atoms with Crippen molar-refractivity contribution in [3.05, 3.63) is 39.5 Å². The number of ketones is 1. The number of fused-ring (bicyclic) bond motifs is 1. The highest BCUT2D eigenvalue weighted by Crippen LogP contribution is 2.20. The number of hydrogen-bond donors (Lipinski definition) is 2. The van der Waals surface area contributed by atoms with E-state index in [1.54, 1.807) is 19.1 Å². The number of pyridine rings is 1. The maximum Gasteiger partial charge on any atom is 0.512 e. The van der Waals surface area contributed by atoms with Gasteiger partial charge in [-0.1, -0.05) is 6.92 Å². The Bertz CT molecular complexity index is 775. The lowest BCUT2D eigenvalue weighted by Crippen LogP contribution is -2.10. The van der Waals surface area contributed by atoms with Crippen LogP contribution >= 0.6 is 0 Å². The molecule has 0 aliphatic carbocycles. The quantitative estimate of drug-likeness (QED) is 0.666. The molecule has 1 aromatic heterocycles. The van der Waals surface area contributed by atoms with E-state index in [1.165, 1.54) is 0 Å². The fourth-order valence-electron chi connectivity index (χ4n) is 2.19. The molecular weight excluding hydrogens is 274 g/mol. The Labute approximate surface area is 120 Å². The van der Waals surface area contributed by atoms with Gasteiger partial charge in [0.05, 0.1) is 5.52 Å². The highest BCUT2D eigenvalue weighted by atomic mass is 16.7. The molecule has 0 amide bonds. The van der Waals surface area contributed by atoms with Gasteiger partial charge in [-0.05, 0) is 31.0 Å². The van der Waals surface area contributed by atoms with Gasteiger partial charge in [-0.3, -0.25) is 9.59 Å². The summed E-state index contributed by atoms with van der Waals surface area (Å²) in [5.41, 5.74) is 1.28.